The molecule has 0 aromatic carbocycles. The quantitative estimate of drug-likeness (QED) is 0.892. The largest absolute Gasteiger partial charge is 0.388 e. The van der Waals surface area contributed by atoms with E-state index >= 15 is 0 Å². The van der Waals surface area contributed by atoms with Crippen LogP contribution in [0.5, 0.6) is 0 Å². The van der Waals surface area contributed by atoms with Gasteiger partial charge in [0.05, 0.1) is 6.10 Å². The number of aromatic nitrogens is 1. The van der Waals surface area contributed by atoms with E-state index < -0.39 is 0 Å². The first-order chi connectivity index (χ1) is 7.27. The lowest BCUT2D eigenvalue weighted by atomic mass is 9.83. The van der Waals surface area contributed by atoms with Crippen LogP contribution in [0.4, 0.5) is 0 Å². The van der Waals surface area contributed by atoms with Gasteiger partial charge in [-0.3, -0.25) is 4.98 Å². The predicted octanol–water partition coefficient (Wildman–Crippen LogP) is 3.46. The Kier molecular flexibility index (Phi) is 3.76. The first-order valence-electron chi connectivity index (χ1n) is 5.56. The van der Waals surface area contributed by atoms with E-state index in [9.17, 15) is 5.11 Å². The third-order valence-corrected chi connectivity index (χ3v) is 3.60. The molecule has 0 radical (unpaired) electrons. The zero-order valence-corrected chi connectivity index (χ0v) is 10.3. The lowest BCUT2D eigenvalue weighted by molar-refractivity contribution is 0.0845. The Morgan fingerprint density at radius 3 is 2.67 bits per heavy atom. The summed E-state index contributed by atoms with van der Waals surface area (Å²) in [5.74, 6) is 0.426. The minimum absolute atomic E-state index is 0.338. The van der Waals surface area contributed by atoms with Crippen LogP contribution in [0.1, 0.15) is 43.8 Å². The van der Waals surface area contributed by atoms with Gasteiger partial charge >= 0.3 is 0 Å². The fraction of sp³-hybridized carbons (Fsp3) is 0.583. The van der Waals surface area contributed by atoms with Crippen molar-refractivity contribution in [3.8, 4) is 0 Å². The molecule has 3 heteroatoms. The maximum absolute atomic E-state index is 10.2. The molecular weight excluding hydrogens is 254 g/mol. The number of hydrogen-bond acceptors (Lipinski definition) is 2. The number of rotatable bonds is 2. The Labute approximate surface area is 98.9 Å². The number of nitrogens with zero attached hydrogens (tertiary/aromatic N) is 1. The molecule has 2 nitrogen and oxygen atoms in total. The van der Waals surface area contributed by atoms with Gasteiger partial charge in [-0.25, -0.2) is 0 Å². The Morgan fingerprint density at radius 2 is 2.00 bits per heavy atom. The lowest BCUT2D eigenvalue weighted by Gasteiger charge is -2.26. The summed E-state index contributed by atoms with van der Waals surface area (Å²) in [7, 11) is 0. The van der Waals surface area contributed by atoms with Gasteiger partial charge in [0.1, 0.15) is 0 Å². The molecule has 1 fully saturated rings. The molecule has 1 aromatic heterocycles. The van der Waals surface area contributed by atoms with Gasteiger partial charge in [-0.1, -0.05) is 19.3 Å². The van der Waals surface area contributed by atoms with Gasteiger partial charge in [-0.2, -0.15) is 0 Å². The monoisotopic (exact) mass is 269 g/mol. The van der Waals surface area contributed by atoms with Crippen LogP contribution in [0, 0.1) is 5.92 Å². The molecule has 0 amide bonds. The fourth-order valence-electron chi connectivity index (χ4n) is 2.31. The van der Waals surface area contributed by atoms with E-state index in [0.29, 0.717) is 5.92 Å². The zero-order valence-electron chi connectivity index (χ0n) is 8.69. The summed E-state index contributed by atoms with van der Waals surface area (Å²) in [6, 6.07) is 1.96. The molecular formula is C12H16BrNO. The second-order valence-corrected chi connectivity index (χ2v) is 5.20. The van der Waals surface area contributed by atoms with E-state index in [4.69, 9.17) is 0 Å². The van der Waals surface area contributed by atoms with Crippen molar-refractivity contribution in [3.63, 3.8) is 0 Å². The Balaban J connectivity index is 2.08. The number of aliphatic hydroxyl groups excluding tert-OH is 1. The highest BCUT2D eigenvalue weighted by atomic mass is 79.9. The molecule has 1 N–H and O–H groups in total. The van der Waals surface area contributed by atoms with E-state index in [1.54, 1.807) is 12.4 Å². The molecule has 0 spiro atoms. The summed E-state index contributed by atoms with van der Waals surface area (Å²) < 4.78 is 0.940. The molecule has 1 heterocycles. The van der Waals surface area contributed by atoms with Gasteiger partial charge in [-0.05, 0) is 40.8 Å². The molecule has 15 heavy (non-hydrogen) atoms. The van der Waals surface area contributed by atoms with E-state index in [0.717, 1.165) is 22.9 Å². The molecule has 1 unspecified atom stereocenters. The normalized spacial score (nSPS) is 20.1. The summed E-state index contributed by atoms with van der Waals surface area (Å²) in [4.78, 5) is 4.09. The van der Waals surface area contributed by atoms with Crippen molar-refractivity contribution in [2.45, 2.75) is 38.2 Å². The molecule has 1 aromatic rings. The van der Waals surface area contributed by atoms with Crippen LogP contribution >= 0.6 is 15.9 Å². The molecule has 0 saturated heterocycles. The van der Waals surface area contributed by atoms with E-state index in [-0.39, 0.29) is 6.10 Å². The zero-order chi connectivity index (χ0) is 10.7. The number of pyridine rings is 1. The first-order valence-corrected chi connectivity index (χ1v) is 6.35. The Hall–Kier alpha value is -0.410. The average Bonchev–Trinajstić information content (AvgIpc) is 2.29. The number of hydrogen-bond donors (Lipinski definition) is 1. The van der Waals surface area contributed by atoms with E-state index in [2.05, 4.69) is 20.9 Å². The highest BCUT2D eigenvalue weighted by Crippen LogP contribution is 2.34. The van der Waals surface area contributed by atoms with E-state index in [1.807, 2.05) is 6.07 Å². The Bertz CT molecular complexity index is 323. The van der Waals surface area contributed by atoms with Crippen molar-refractivity contribution in [1.29, 1.82) is 0 Å². The maximum Gasteiger partial charge on any atom is 0.0833 e. The van der Waals surface area contributed by atoms with Crippen molar-refractivity contribution in [1.82, 2.24) is 4.98 Å². The molecule has 1 saturated carbocycles. The first kappa shape index (κ1) is 11.1. The number of halogens is 1. The summed E-state index contributed by atoms with van der Waals surface area (Å²) in [5.41, 5.74) is 0.941. The van der Waals surface area contributed by atoms with Crippen LogP contribution in [0.3, 0.4) is 0 Å². The van der Waals surface area contributed by atoms with Crippen molar-refractivity contribution in [2.75, 3.05) is 0 Å². The highest BCUT2D eigenvalue weighted by Gasteiger charge is 2.23. The van der Waals surface area contributed by atoms with Crippen molar-refractivity contribution < 1.29 is 5.11 Å². The second-order valence-electron chi connectivity index (χ2n) is 4.28. The topological polar surface area (TPSA) is 33.1 Å². The predicted molar refractivity (Wildman–Crippen MR) is 63.5 cm³/mol. The minimum atomic E-state index is -0.338. The van der Waals surface area contributed by atoms with Crippen LogP contribution < -0.4 is 0 Å². The van der Waals surface area contributed by atoms with Crippen LogP contribution in [-0.4, -0.2) is 10.1 Å². The maximum atomic E-state index is 10.2. The molecule has 0 aliphatic heterocycles. The van der Waals surface area contributed by atoms with Gasteiger partial charge < -0.3 is 5.11 Å². The van der Waals surface area contributed by atoms with Crippen LogP contribution in [0.15, 0.2) is 22.9 Å². The van der Waals surface area contributed by atoms with Crippen molar-refractivity contribution >= 4 is 15.9 Å². The molecule has 82 valence electrons. The van der Waals surface area contributed by atoms with Crippen LogP contribution in [0.25, 0.3) is 0 Å². The van der Waals surface area contributed by atoms with Gasteiger partial charge in [0.25, 0.3) is 0 Å². The van der Waals surface area contributed by atoms with Gasteiger partial charge in [0.15, 0.2) is 0 Å². The summed E-state index contributed by atoms with van der Waals surface area (Å²) in [5, 5.41) is 10.2. The molecule has 0 bridgehead atoms. The number of aliphatic hydroxyl groups is 1. The molecule has 1 atom stereocenters. The van der Waals surface area contributed by atoms with Gasteiger partial charge in [0, 0.05) is 22.4 Å². The minimum Gasteiger partial charge on any atom is -0.388 e. The van der Waals surface area contributed by atoms with Crippen molar-refractivity contribution in [2.24, 2.45) is 5.92 Å². The third kappa shape index (κ3) is 2.79. The van der Waals surface area contributed by atoms with E-state index in [1.165, 1.54) is 19.3 Å². The fourth-order valence-corrected chi connectivity index (χ4v) is 2.69. The van der Waals surface area contributed by atoms with Crippen molar-refractivity contribution in [3.05, 3.63) is 28.5 Å². The average molecular weight is 270 g/mol. The van der Waals surface area contributed by atoms with Crippen LogP contribution in [0.2, 0.25) is 0 Å². The standard InChI is InChI=1S/C12H16BrNO/c13-11-6-10(7-14-8-11)12(15)9-4-2-1-3-5-9/h6-9,12,15H,1-5H2. The summed E-state index contributed by atoms with van der Waals surface area (Å²) in [6.07, 6.45) is 9.30. The molecule has 1 aliphatic rings. The highest BCUT2D eigenvalue weighted by molar-refractivity contribution is 9.10. The van der Waals surface area contributed by atoms with Gasteiger partial charge in [-0.15, -0.1) is 0 Å². The molecule has 1 aliphatic carbocycles. The molecule has 2 rings (SSSR count). The Morgan fingerprint density at radius 1 is 1.27 bits per heavy atom. The third-order valence-electron chi connectivity index (χ3n) is 3.16. The smallest absolute Gasteiger partial charge is 0.0833 e. The van der Waals surface area contributed by atoms with Gasteiger partial charge in [0.2, 0.25) is 0 Å². The lowest BCUT2D eigenvalue weighted by Crippen LogP contribution is -2.16. The summed E-state index contributed by atoms with van der Waals surface area (Å²) >= 11 is 3.38. The SMILES string of the molecule is OC(c1cncc(Br)c1)C1CCCCC1. The van der Waals surface area contributed by atoms with Crippen LogP contribution in [-0.2, 0) is 0 Å². The summed E-state index contributed by atoms with van der Waals surface area (Å²) in [6.45, 7) is 0. The second kappa shape index (κ2) is 5.08.